The average molecular weight is 276 g/mol. The van der Waals surface area contributed by atoms with E-state index in [2.05, 4.69) is 0 Å². The monoisotopic (exact) mass is 276 g/mol. The summed E-state index contributed by atoms with van der Waals surface area (Å²) in [7, 11) is 0. The summed E-state index contributed by atoms with van der Waals surface area (Å²) in [5.74, 6) is 0. The highest BCUT2D eigenvalue weighted by Gasteiger charge is 2.49. The molecule has 0 N–H and O–H groups in total. The predicted molar refractivity (Wildman–Crippen MR) is 74.3 cm³/mol. The maximum atomic E-state index is 12.6. The number of hydrogen-bond acceptors (Lipinski definition) is 3. The fourth-order valence-corrected chi connectivity index (χ4v) is 3.23. The molecule has 0 amide bonds. The fourth-order valence-electron chi connectivity index (χ4n) is 3.23. The van der Waals surface area contributed by atoms with Crippen molar-refractivity contribution in [3.8, 4) is 0 Å². The van der Waals surface area contributed by atoms with Gasteiger partial charge in [-0.2, -0.15) is 0 Å². The van der Waals surface area contributed by atoms with Crippen molar-refractivity contribution in [3.05, 3.63) is 35.4 Å². The molecular formula is C16H22NO3. The third-order valence-electron chi connectivity index (χ3n) is 4.65. The molecule has 1 aromatic rings. The van der Waals surface area contributed by atoms with Gasteiger partial charge in [-0.05, 0) is 39.2 Å². The van der Waals surface area contributed by atoms with E-state index >= 15 is 0 Å². The van der Waals surface area contributed by atoms with E-state index in [-0.39, 0.29) is 11.8 Å². The number of nitrogens with zero attached hydrogens (tertiary/aromatic N) is 1. The maximum Gasteiger partial charge on any atom is 0.184 e. The summed E-state index contributed by atoms with van der Waals surface area (Å²) in [6, 6.07) is 8.09. The van der Waals surface area contributed by atoms with Crippen LogP contribution in [0.2, 0.25) is 0 Å². The zero-order chi connectivity index (χ0) is 14.4. The zero-order valence-corrected chi connectivity index (χ0v) is 12.4. The van der Waals surface area contributed by atoms with Crippen molar-refractivity contribution in [2.75, 3.05) is 13.2 Å². The van der Waals surface area contributed by atoms with Crippen LogP contribution in [0.4, 0.5) is 0 Å². The van der Waals surface area contributed by atoms with Gasteiger partial charge in [0.15, 0.2) is 6.29 Å². The smallest absolute Gasteiger partial charge is 0.184 e. The van der Waals surface area contributed by atoms with Crippen LogP contribution in [-0.2, 0) is 20.2 Å². The lowest BCUT2D eigenvalue weighted by Crippen LogP contribution is -2.44. The lowest BCUT2D eigenvalue weighted by Gasteiger charge is -2.35. The van der Waals surface area contributed by atoms with Crippen LogP contribution < -0.4 is 0 Å². The Kier molecular flexibility index (Phi) is 3.37. The van der Waals surface area contributed by atoms with Gasteiger partial charge in [0, 0.05) is 11.1 Å². The first-order chi connectivity index (χ1) is 9.43. The van der Waals surface area contributed by atoms with Gasteiger partial charge >= 0.3 is 0 Å². The van der Waals surface area contributed by atoms with Gasteiger partial charge in [-0.3, -0.25) is 0 Å². The van der Waals surface area contributed by atoms with E-state index < -0.39 is 5.54 Å². The number of hydrogen-bond donors (Lipinski definition) is 0. The first-order valence-electron chi connectivity index (χ1n) is 7.25. The van der Waals surface area contributed by atoms with Gasteiger partial charge in [-0.25, -0.2) is 0 Å². The molecule has 1 unspecified atom stereocenters. The number of benzene rings is 1. The SMILES string of the molecule is CC1(C)CCC(C)(c2ccc(C3OCCO3)cc2)N1[O]. The van der Waals surface area contributed by atoms with Crippen LogP contribution in [-0.4, -0.2) is 23.8 Å². The Bertz CT molecular complexity index is 479. The summed E-state index contributed by atoms with van der Waals surface area (Å²) >= 11 is 0. The van der Waals surface area contributed by atoms with E-state index in [1.54, 1.807) is 0 Å². The molecular weight excluding hydrogens is 254 g/mol. The number of ether oxygens (including phenoxy) is 2. The van der Waals surface area contributed by atoms with Crippen molar-refractivity contribution >= 4 is 0 Å². The fraction of sp³-hybridized carbons (Fsp3) is 0.625. The molecule has 0 aliphatic carbocycles. The van der Waals surface area contributed by atoms with Gasteiger partial charge in [0.2, 0.25) is 0 Å². The molecule has 2 heterocycles. The molecule has 1 aromatic carbocycles. The standard InChI is InChI=1S/C16H22NO3/c1-15(2)8-9-16(3,17(15)18)13-6-4-12(5-7-13)14-19-10-11-20-14/h4-7,14H,8-11H2,1-3H3. The molecule has 1 atom stereocenters. The highest BCUT2D eigenvalue weighted by atomic mass is 16.7. The molecule has 1 radical (unpaired) electrons. The molecule has 20 heavy (non-hydrogen) atoms. The molecule has 2 aliphatic rings. The molecule has 0 bridgehead atoms. The van der Waals surface area contributed by atoms with E-state index in [0.717, 1.165) is 24.0 Å². The van der Waals surface area contributed by atoms with E-state index in [1.807, 2.05) is 45.0 Å². The van der Waals surface area contributed by atoms with E-state index in [1.165, 1.54) is 5.06 Å². The van der Waals surface area contributed by atoms with Crippen LogP contribution in [0.3, 0.4) is 0 Å². The molecule has 4 heteroatoms. The number of hydroxylamine groups is 2. The van der Waals surface area contributed by atoms with Gasteiger partial charge in [0.05, 0.1) is 18.8 Å². The van der Waals surface area contributed by atoms with Crippen molar-refractivity contribution in [3.63, 3.8) is 0 Å². The van der Waals surface area contributed by atoms with Gasteiger partial charge in [-0.15, -0.1) is 10.3 Å². The lowest BCUT2D eigenvalue weighted by atomic mass is 9.89. The summed E-state index contributed by atoms with van der Waals surface area (Å²) in [5.41, 5.74) is 1.37. The second-order valence-corrected chi connectivity index (χ2v) is 6.58. The first kappa shape index (κ1) is 14.0. The lowest BCUT2D eigenvalue weighted by molar-refractivity contribution is -0.252. The summed E-state index contributed by atoms with van der Waals surface area (Å²) in [4.78, 5) is 0. The molecule has 3 rings (SSSR count). The van der Waals surface area contributed by atoms with Crippen molar-refractivity contribution in [2.45, 2.75) is 51.0 Å². The maximum absolute atomic E-state index is 12.6. The molecule has 4 nitrogen and oxygen atoms in total. The summed E-state index contributed by atoms with van der Waals surface area (Å²) in [6.07, 6.45) is 1.56. The third-order valence-corrected chi connectivity index (χ3v) is 4.65. The van der Waals surface area contributed by atoms with Crippen LogP contribution in [0, 0.1) is 0 Å². The average Bonchev–Trinajstić information content (AvgIpc) is 3.04. The molecule has 109 valence electrons. The minimum atomic E-state index is -0.431. The van der Waals surface area contributed by atoms with Gasteiger partial charge in [-0.1, -0.05) is 24.3 Å². The molecule has 0 saturated carbocycles. The Morgan fingerprint density at radius 1 is 1.05 bits per heavy atom. The Labute approximate surface area is 120 Å². The highest BCUT2D eigenvalue weighted by Crippen LogP contribution is 2.46. The molecule has 0 aromatic heterocycles. The van der Waals surface area contributed by atoms with Crippen LogP contribution in [0.5, 0.6) is 0 Å². The van der Waals surface area contributed by atoms with E-state index in [9.17, 15) is 5.21 Å². The van der Waals surface area contributed by atoms with Gasteiger partial charge in [0.1, 0.15) is 0 Å². The van der Waals surface area contributed by atoms with Crippen molar-refractivity contribution in [1.82, 2.24) is 5.06 Å². The third kappa shape index (κ3) is 2.17. The first-order valence-corrected chi connectivity index (χ1v) is 7.25. The van der Waals surface area contributed by atoms with Crippen LogP contribution in [0.25, 0.3) is 0 Å². The van der Waals surface area contributed by atoms with Gasteiger partial charge in [0.25, 0.3) is 0 Å². The molecule has 0 spiro atoms. The Hall–Kier alpha value is -0.940. The predicted octanol–water partition coefficient (Wildman–Crippen LogP) is 3.17. The Morgan fingerprint density at radius 3 is 2.15 bits per heavy atom. The quantitative estimate of drug-likeness (QED) is 0.833. The molecule has 2 aliphatic heterocycles. The summed E-state index contributed by atoms with van der Waals surface area (Å²) in [5, 5.41) is 13.8. The highest BCUT2D eigenvalue weighted by molar-refractivity contribution is 5.30. The number of rotatable bonds is 2. The van der Waals surface area contributed by atoms with Crippen LogP contribution in [0.15, 0.2) is 24.3 Å². The molecule has 2 saturated heterocycles. The van der Waals surface area contributed by atoms with E-state index in [0.29, 0.717) is 13.2 Å². The minimum absolute atomic E-state index is 0.250. The van der Waals surface area contributed by atoms with Crippen molar-refractivity contribution in [1.29, 1.82) is 0 Å². The topological polar surface area (TPSA) is 41.6 Å². The van der Waals surface area contributed by atoms with E-state index in [4.69, 9.17) is 9.47 Å². The second kappa shape index (κ2) is 4.81. The Balaban J connectivity index is 1.84. The minimum Gasteiger partial charge on any atom is -0.346 e. The van der Waals surface area contributed by atoms with Crippen LogP contribution in [0.1, 0.15) is 51.0 Å². The second-order valence-electron chi connectivity index (χ2n) is 6.58. The van der Waals surface area contributed by atoms with Crippen LogP contribution >= 0.6 is 0 Å². The summed E-state index contributed by atoms with van der Waals surface area (Å²) < 4.78 is 11.0. The molecule has 2 fully saturated rings. The largest absolute Gasteiger partial charge is 0.346 e. The Morgan fingerprint density at radius 2 is 1.65 bits per heavy atom. The normalized spacial score (nSPS) is 31.0. The van der Waals surface area contributed by atoms with Crippen molar-refractivity contribution < 1.29 is 14.7 Å². The van der Waals surface area contributed by atoms with Crippen molar-refractivity contribution in [2.24, 2.45) is 0 Å². The summed E-state index contributed by atoms with van der Waals surface area (Å²) in [6.45, 7) is 7.35. The zero-order valence-electron chi connectivity index (χ0n) is 12.4. The van der Waals surface area contributed by atoms with Gasteiger partial charge < -0.3 is 9.47 Å².